The van der Waals surface area contributed by atoms with E-state index in [9.17, 15) is 0 Å². The van der Waals surface area contributed by atoms with Gasteiger partial charge < -0.3 is 9.47 Å². The topological polar surface area (TPSA) is 18.5 Å². The summed E-state index contributed by atoms with van der Waals surface area (Å²) in [4.78, 5) is 0. The normalized spacial score (nSPS) is 33.2. The second-order valence-electron chi connectivity index (χ2n) is 4.29. The van der Waals surface area contributed by atoms with Crippen LogP contribution in [0.2, 0.25) is 0 Å². The monoisotopic (exact) mass is 200 g/mol. The quantitative estimate of drug-likeness (QED) is 0.632. The molecule has 14 heavy (non-hydrogen) atoms. The Bertz CT molecular complexity index is 158. The Hall–Kier alpha value is -0.0800. The van der Waals surface area contributed by atoms with Crippen LogP contribution in [0.5, 0.6) is 0 Å². The lowest BCUT2D eigenvalue weighted by molar-refractivity contribution is -0.294. The molecule has 2 heteroatoms. The van der Waals surface area contributed by atoms with Crippen molar-refractivity contribution in [2.45, 2.75) is 71.2 Å². The fraction of sp³-hybridized carbons (Fsp3) is 1.00. The predicted molar refractivity (Wildman–Crippen MR) is 58.3 cm³/mol. The summed E-state index contributed by atoms with van der Waals surface area (Å²) in [6.45, 7) is 7.39. The molecule has 1 heterocycles. The number of hydrogen-bond donors (Lipinski definition) is 0. The fourth-order valence-corrected chi connectivity index (χ4v) is 2.01. The van der Waals surface area contributed by atoms with Gasteiger partial charge in [-0.05, 0) is 26.2 Å². The van der Waals surface area contributed by atoms with Gasteiger partial charge in [0, 0.05) is 6.42 Å². The molecule has 1 aliphatic heterocycles. The number of unbranched alkanes of at least 4 members (excludes halogenated alkanes) is 2. The van der Waals surface area contributed by atoms with E-state index < -0.39 is 0 Å². The minimum atomic E-state index is -0.257. The SMILES string of the molecule is CCCCCC1(CC)OCCC(C)O1. The molecule has 0 spiro atoms. The lowest BCUT2D eigenvalue weighted by Crippen LogP contribution is -2.43. The molecule has 2 nitrogen and oxygen atoms in total. The smallest absolute Gasteiger partial charge is 0.168 e. The molecule has 1 saturated heterocycles. The van der Waals surface area contributed by atoms with Gasteiger partial charge in [0.1, 0.15) is 0 Å². The summed E-state index contributed by atoms with van der Waals surface area (Å²) in [5.74, 6) is -0.257. The minimum Gasteiger partial charge on any atom is -0.350 e. The first-order valence-electron chi connectivity index (χ1n) is 6.04. The fourth-order valence-electron chi connectivity index (χ4n) is 2.01. The van der Waals surface area contributed by atoms with E-state index in [2.05, 4.69) is 20.8 Å². The molecule has 1 rings (SSSR count). The zero-order valence-corrected chi connectivity index (χ0v) is 9.84. The largest absolute Gasteiger partial charge is 0.350 e. The summed E-state index contributed by atoms with van der Waals surface area (Å²) in [5, 5.41) is 0. The summed E-state index contributed by atoms with van der Waals surface area (Å²) in [7, 11) is 0. The second kappa shape index (κ2) is 5.72. The average molecular weight is 200 g/mol. The third-order valence-corrected chi connectivity index (χ3v) is 3.01. The van der Waals surface area contributed by atoms with Crippen molar-refractivity contribution in [3.8, 4) is 0 Å². The molecule has 0 aromatic rings. The van der Waals surface area contributed by atoms with Crippen LogP contribution in [-0.4, -0.2) is 18.5 Å². The maximum atomic E-state index is 5.95. The highest BCUT2D eigenvalue weighted by atomic mass is 16.7. The lowest BCUT2D eigenvalue weighted by Gasteiger charge is -2.39. The third kappa shape index (κ3) is 3.25. The van der Waals surface area contributed by atoms with Crippen LogP contribution in [0, 0.1) is 0 Å². The van der Waals surface area contributed by atoms with Crippen LogP contribution in [-0.2, 0) is 9.47 Å². The summed E-state index contributed by atoms with van der Waals surface area (Å²) in [6, 6.07) is 0. The third-order valence-electron chi connectivity index (χ3n) is 3.01. The summed E-state index contributed by atoms with van der Waals surface area (Å²) < 4.78 is 11.8. The maximum absolute atomic E-state index is 5.95. The van der Waals surface area contributed by atoms with Crippen molar-refractivity contribution >= 4 is 0 Å². The summed E-state index contributed by atoms with van der Waals surface area (Å²) in [6.07, 6.45) is 7.19. The van der Waals surface area contributed by atoms with Gasteiger partial charge in [-0.25, -0.2) is 0 Å². The first-order chi connectivity index (χ1) is 6.72. The van der Waals surface area contributed by atoms with Crippen molar-refractivity contribution in [1.29, 1.82) is 0 Å². The van der Waals surface area contributed by atoms with E-state index in [1.165, 1.54) is 19.3 Å². The average Bonchev–Trinajstić information content (AvgIpc) is 2.18. The zero-order chi connectivity index (χ0) is 10.4. The Morgan fingerprint density at radius 2 is 2.07 bits per heavy atom. The van der Waals surface area contributed by atoms with Crippen LogP contribution in [0.1, 0.15) is 59.3 Å². The van der Waals surface area contributed by atoms with Gasteiger partial charge in [0.05, 0.1) is 12.7 Å². The van der Waals surface area contributed by atoms with Crippen LogP contribution >= 0.6 is 0 Å². The molecule has 0 aromatic heterocycles. The van der Waals surface area contributed by atoms with E-state index in [1.54, 1.807) is 0 Å². The molecule has 84 valence electrons. The van der Waals surface area contributed by atoms with Crippen LogP contribution < -0.4 is 0 Å². The molecule has 2 atom stereocenters. The van der Waals surface area contributed by atoms with Gasteiger partial charge in [0.15, 0.2) is 5.79 Å². The molecule has 0 saturated carbocycles. The van der Waals surface area contributed by atoms with Crippen molar-refractivity contribution in [2.75, 3.05) is 6.61 Å². The minimum absolute atomic E-state index is 0.257. The first kappa shape index (κ1) is 12.0. The molecule has 0 radical (unpaired) electrons. The number of rotatable bonds is 5. The van der Waals surface area contributed by atoms with E-state index >= 15 is 0 Å². The van der Waals surface area contributed by atoms with Crippen LogP contribution in [0.3, 0.4) is 0 Å². The number of hydrogen-bond acceptors (Lipinski definition) is 2. The Balaban J connectivity index is 2.39. The lowest BCUT2D eigenvalue weighted by atomic mass is 10.0. The van der Waals surface area contributed by atoms with E-state index in [0.29, 0.717) is 6.10 Å². The van der Waals surface area contributed by atoms with E-state index in [0.717, 1.165) is 25.9 Å². The molecular formula is C12H24O2. The van der Waals surface area contributed by atoms with Crippen LogP contribution in [0.15, 0.2) is 0 Å². The predicted octanol–water partition coefficient (Wildman–Crippen LogP) is 3.50. The van der Waals surface area contributed by atoms with Crippen molar-refractivity contribution in [2.24, 2.45) is 0 Å². The molecular weight excluding hydrogens is 176 g/mol. The van der Waals surface area contributed by atoms with Gasteiger partial charge in [0.25, 0.3) is 0 Å². The molecule has 0 aromatic carbocycles. The highest BCUT2D eigenvalue weighted by molar-refractivity contribution is 4.74. The molecule has 2 unspecified atom stereocenters. The van der Waals surface area contributed by atoms with Gasteiger partial charge in [-0.3, -0.25) is 0 Å². The molecule has 1 fully saturated rings. The molecule has 0 bridgehead atoms. The van der Waals surface area contributed by atoms with Crippen LogP contribution in [0.25, 0.3) is 0 Å². The van der Waals surface area contributed by atoms with Crippen molar-refractivity contribution < 1.29 is 9.47 Å². The zero-order valence-electron chi connectivity index (χ0n) is 9.84. The van der Waals surface area contributed by atoms with Gasteiger partial charge in [-0.15, -0.1) is 0 Å². The molecule has 0 N–H and O–H groups in total. The Morgan fingerprint density at radius 3 is 2.64 bits per heavy atom. The van der Waals surface area contributed by atoms with E-state index in [4.69, 9.17) is 9.47 Å². The Morgan fingerprint density at radius 1 is 1.29 bits per heavy atom. The molecule has 0 aliphatic carbocycles. The van der Waals surface area contributed by atoms with Gasteiger partial charge in [0.2, 0.25) is 0 Å². The van der Waals surface area contributed by atoms with Gasteiger partial charge in [-0.1, -0.05) is 26.7 Å². The number of ether oxygens (including phenoxy) is 2. The van der Waals surface area contributed by atoms with Crippen LogP contribution in [0.4, 0.5) is 0 Å². The van der Waals surface area contributed by atoms with Gasteiger partial charge >= 0.3 is 0 Å². The molecule has 0 amide bonds. The van der Waals surface area contributed by atoms with E-state index in [1.807, 2.05) is 0 Å². The van der Waals surface area contributed by atoms with E-state index in [-0.39, 0.29) is 5.79 Å². The Kier molecular flexibility index (Phi) is 4.90. The van der Waals surface area contributed by atoms with Crippen molar-refractivity contribution in [3.63, 3.8) is 0 Å². The molecule has 1 aliphatic rings. The van der Waals surface area contributed by atoms with Crippen molar-refractivity contribution in [1.82, 2.24) is 0 Å². The highest BCUT2D eigenvalue weighted by Gasteiger charge is 2.34. The summed E-state index contributed by atoms with van der Waals surface area (Å²) >= 11 is 0. The van der Waals surface area contributed by atoms with Crippen molar-refractivity contribution in [3.05, 3.63) is 0 Å². The highest BCUT2D eigenvalue weighted by Crippen LogP contribution is 2.31. The second-order valence-corrected chi connectivity index (χ2v) is 4.29. The maximum Gasteiger partial charge on any atom is 0.168 e. The first-order valence-corrected chi connectivity index (χ1v) is 6.04. The van der Waals surface area contributed by atoms with Gasteiger partial charge in [-0.2, -0.15) is 0 Å². The Labute approximate surface area is 88.0 Å². The standard InChI is InChI=1S/C12H24O2/c1-4-6-7-9-12(5-2)13-10-8-11(3)14-12/h11H,4-10H2,1-3H3. The summed E-state index contributed by atoms with van der Waals surface area (Å²) in [5.41, 5.74) is 0.